The van der Waals surface area contributed by atoms with E-state index in [2.05, 4.69) is 20.6 Å². The molecule has 10 heteroatoms. The second-order valence-electron chi connectivity index (χ2n) is 10.2. The van der Waals surface area contributed by atoms with Gasteiger partial charge in [0.05, 0.1) is 24.3 Å². The van der Waals surface area contributed by atoms with Gasteiger partial charge in [0.15, 0.2) is 0 Å². The van der Waals surface area contributed by atoms with Crippen LogP contribution in [0.25, 0.3) is 12.2 Å². The van der Waals surface area contributed by atoms with E-state index in [9.17, 15) is 19.2 Å². The van der Waals surface area contributed by atoms with Crippen molar-refractivity contribution in [3.63, 3.8) is 0 Å². The van der Waals surface area contributed by atoms with Crippen LogP contribution in [0.4, 0.5) is 0 Å². The van der Waals surface area contributed by atoms with Crippen molar-refractivity contribution in [3.8, 4) is 0 Å². The molecule has 0 spiro atoms. The number of carbonyl (C=O) groups is 4. The number of carbonyl (C=O) groups excluding carboxylic acids is 4. The molecule has 0 aliphatic carbocycles. The number of esters is 2. The third kappa shape index (κ3) is 5.41. The molecular formula is C31H36N4O6. The minimum absolute atomic E-state index is 0.162. The third-order valence-corrected chi connectivity index (χ3v) is 7.73. The van der Waals surface area contributed by atoms with Gasteiger partial charge >= 0.3 is 11.9 Å². The Bertz CT molecular complexity index is 1490. The first-order chi connectivity index (χ1) is 19.4. The second-order valence-corrected chi connectivity index (χ2v) is 10.2. The Morgan fingerprint density at radius 3 is 1.29 bits per heavy atom. The first-order valence-electron chi connectivity index (χ1n) is 13.6. The number of aromatic amines is 2. The quantitative estimate of drug-likeness (QED) is 0.350. The van der Waals surface area contributed by atoms with Crippen LogP contribution in [0.15, 0.2) is 33.7 Å². The van der Waals surface area contributed by atoms with E-state index in [0.717, 1.165) is 11.1 Å². The average Bonchev–Trinajstić information content (AvgIpc) is 3.55. The van der Waals surface area contributed by atoms with Crippen LogP contribution in [0.1, 0.15) is 96.2 Å². The fourth-order valence-electron chi connectivity index (χ4n) is 4.99. The molecule has 2 amide bonds. The summed E-state index contributed by atoms with van der Waals surface area (Å²) < 4.78 is 10.8. The summed E-state index contributed by atoms with van der Waals surface area (Å²) in [5.74, 6) is -1.31. The van der Waals surface area contributed by atoms with Crippen molar-refractivity contribution in [1.82, 2.24) is 20.6 Å². The molecule has 2 aromatic heterocycles. The summed E-state index contributed by atoms with van der Waals surface area (Å²) in [6, 6.07) is 0. The van der Waals surface area contributed by atoms with Gasteiger partial charge in [-0.05, 0) is 89.8 Å². The zero-order valence-corrected chi connectivity index (χ0v) is 24.7. The van der Waals surface area contributed by atoms with Crippen LogP contribution >= 0.6 is 0 Å². The molecule has 4 N–H and O–H groups in total. The first-order valence-corrected chi connectivity index (χ1v) is 13.6. The van der Waals surface area contributed by atoms with Crippen LogP contribution in [-0.2, 0) is 25.5 Å². The number of rotatable bonds is 8. The van der Waals surface area contributed by atoms with E-state index in [4.69, 9.17) is 9.47 Å². The van der Waals surface area contributed by atoms with Crippen molar-refractivity contribution in [3.05, 3.63) is 78.7 Å². The van der Waals surface area contributed by atoms with Crippen LogP contribution in [-0.4, -0.2) is 46.9 Å². The fourth-order valence-corrected chi connectivity index (χ4v) is 4.99. The van der Waals surface area contributed by atoms with E-state index in [-0.39, 0.29) is 31.4 Å². The summed E-state index contributed by atoms with van der Waals surface area (Å²) in [6.07, 6.45) is 3.76. The molecular weight excluding hydrogens is 524 g/mol. The lowest BCUT2D eigenvalue weighted by Gasteiger charge is -2.07. The van der Waals surface area contributed by atoms with Gasteiger partial charge in [-0.3, -0.25) is 9.59 Å². The molecule has 0 saturated heterocycles. The number of allylic oxidation sites excluding steroid dienone is 2. The van der Waals surface area contributed by atoms with E-state index in [1.54, 1.807) is 39.8 Å². The van der Waals surface area contributed by atoms with Crippen LogP contribution in [0.3, 0.4) is 0 Å². The molecule has 10 nitrogen and oxygen atoms in total. The molecule has 0 saturated carbocycles. The largest absolute Gasteiger partial charge is 0.462 e. The maximum absolute atomic E-state index is 13.1. The summed E-state index contributed by atoms with van der Waals surface area (Å²) in [6.45, 7) is 14.7. The van der Waals surface area contributed by atoms with Crippen molar-refractivity contribution < 1.29 is 28.7 Å². The number of H-pyrrole nitrogens is 2. The van der Waals surface area contributed by atoms with Gasteiger partial charge in [-0.15, -0.1) is 0 Å². The smallest absolute Gasteiger partial charge is 0.340 e. The second kappa shape index (κ2) is 11.5. The van der Waals surface area contributed by atoms with Crippen molar-refractivity contribution in [2.24, 2.45) is 0 Å². The molecule has 4 rings (SSSR count). The van der Waals surface area contributed by atoms with Crippen molar-refractivity contribution in [1.29, 1.82) is 0 Å². The van der Waals surface area contributed by atoms with E-state index in [1.165, 1.54) is 0 Å². The van der Waals surface area contributed by atoms with Gasteiger partial charge in [0, 0.05) is 51.7 Å². The van der Waals surface area contributed by atoms with E-state index < -0.39 is 11.9 Å². The highest BCUT2D eigenvalue weighted by molar-refractivity contribution is 6.02. The van der Waals surface area contributed by atoms with Crippen LogP contribution in [0.2, 0.25) is 0 Å². The number of ether oxygens (including phenoxy) is 2. The number of aromatic nitrogens is 2. The van der Waals surface area contributed by atoms with Gasteiger partial charge < -0.3 is 30.1 Å². The SMILES string of the molecule is CCOC(=O)c1c(Cc2[nH]c(/C=C3\NC(=O)C(C)=C3C)c(C)c2C(=O)OCC)[nH]c(/C=C2\NC(=O)C(C)=C2C)c1C. The maximum Gasteiger partial charge on any atom is 0.340 e. The van der Waals surface area contributed by atoms with Crippen molar-refractivity contribution in [2.45, 2.75) is 61.8 Å². The summed E-state index contributed by atoms with van der Waals surface area (Å²) in [7, 11) is 0. The minimum Gasteiger partial charge on any atom is -0.462 e. The highest BCUT2D eigenvalue weighted by atomic mass is 16.5. The fraction of sp³-hybridized carbons (Fsp3) is 0.355. The van der Waals surface area contributed by atoms with Crippen LogP contribution < -0.4 is 10.6 Å². The predicted molar refractivity (Wildman–Crippen MR) is 155 cm³/mol. The third-order valence-electron chi connectivity index (χ3n) is 7.73. The van der Waals surface area contributed by atoms with Crippen molar-refractivity contribution in [2.75, 3.05) is 13.2 Å². The normalized spacial score (nSPS) is 17.2. The van der Waals surface area contributed by atoms with Gasteiger partial charge in [0.25, 0.3) is 11.8 Å². The zero-order valence-electron chi connectivity index (χ0n) is 24.7. The van der Waals surface area contributed by atoms with Gasteiger partial charge in [-0.25, -0.2) is 9.59 Å². The monoisotopic (exact) mass is 560 g/mol. The molecule has 2 aliphatic rings. The van der Waals surface area contributed by atoms with Crippen LogP contribution in [0, 0.1) is 13.8 Å². The van der Waals surface area contributed by atoms with Gasteiger partial charge in [0.1, 0.15) is 0 Å². The molecule has 0 atom stereocenters. The minimum atomic E-state index is -0.493. The Labute approximate surface area is 239 Å². The topological polar surface area (TPSA) is 142 Å². The van der Waals surface area contributed by atoms with Crippen LogP contribution in [0.5, 0.6) is 0 Å². The van der Waals surface area contributed by atoms with E-state index in [0.29, 0.717) is 67.6 Å². The highest BCUT2D eigenvalue weighted by Crippen LogP contribution is 2.31. The number of nitrogens with one attached hydrogen (secondary N) is 4. The standard InChI is InChI=1S/C31H36N4O6/c1-9-40-30(38)26-18(7)22(11-20-14(3)16(5)28(36)34-20)32-24(26)13-25-27(31(39)41-10-2)19(8)23(33-25)12-21-15(4)17(6)29(37)35-21/h11-12,32-33H,9-10,13H2,1-8H3,(H,34,36)(H,35,37)/b20-11-,21-12-. The van der Waals surface area contributed by atoms with E-state index in [1.807, 2.05) is 27.7 Å². The summed E-state index contributed by atoms with van der Waals surface area (Å²) >= 11 is 0. The Kier molecular flexibility index (Phi) is 8.23. The van der Waals surface area contributed by atoms with Crippen molar-refractivity contribution >= 4 is 35.9 Å². The predicted octanol–water partition coefficient (Wildman–Crippen LogP) is 4.52. The summed E-state index contributed by atoms with van der Waals surface area (Å²) in [4.78, 5) is 57.2. The van der Waals surface area contributed by atoms with Gasteiger partial charge in [0.2, 0.25) is 0 Å². The Morgan fingerprint density at radius 1 is 0.634 bits per heavy atom. The summed E-state index contributed by atoms with van der Waals surface area (Å²) in [5, 5.41) is 5.72. The maximum atomic E-state index is 13.1. The molecule has 0 radical (unpaired) electrons. The Morgan fingerprint density at radius 2 is 1.00 bits per heavy atom. The summed E-state index contributed by atoms with van der Waals surface area (Å²) in [5.41, 5.74) is 8.61. The Hall–Kier alpha value is -4.60. The first kappa shape index (κ1) is 29.4. The molecule has 2 aliphatic heterocycles. The highest BCUT2D eigenvalue weighted by Gasteiger charge is 2.28. The molecule has 0 fully saturated rings. The Balaban J connectivity index is 1.84. The number of amides is 2. The lowest BCUT2D eigenvalue weighted by atomic mass is 10.0. The molecule has 41 heavy (non-hydrogen) atoms. The zero-order chi connectivity index (χ0) is 30.2. The molecule has 0 aromatic carbocycles. The van der Waals surface area contributed by atoms with Gasteiger partial charge in [-0.1, -0.05) is 0 Å². The molecule has 216 valence electrons. The number of hydrogen-bond acceptors (Lipinski definition) is 6. The van der Waals surface area contributed by atoms with Gasteiger partial charge in [-0.2, -0.15) is 0 Å². The number of hydrogen-bond donors (Lipinski definition) is 4. The molecule has 4 heterocycles. The average molecular weight is 561 g/mol. The lowest BCUT2D eigenvalue weighted by molar-refractivity contribution is -0.117. The molecule has 2 aromatic rings. The molecule has 0 unspecified atom stereocenters. The van der Waals surface area contributed by atoms with E-state index >= 15 is 0 Å². The molecule has 0 bridgehead atoms. The lowest BCUT2D eigenvalue weighted by Crippen LogP contribution is -2.15.